The van der Waals surface area contributed by atoms with Gasteiger partial charge in [0.2, 0.25) is 0 Å². The first-order chi connectivity index (χ1) is 11.5. The Balaban J connectivity index is 1.85. The molecule has 3 rings (SSSR count). The monoisotopic (exact) mass is 360 g/mol. The molecule has 4 nitrogen and oxygen atoms in total. The molecule has 1 N–H and O–H groups in total. The van der Waals surface area contributed by atoms with Crippen LogP contribution >= 0.6 is 23.2 Å². The Hall–Kier alpha value is -2.30. The van der Waals surface area contributed by atoms with Gasteiger partial charge in [0.15, 0.2) is 0 Å². The molecular formula is C18H14Cl2N2O2. The zero-order valence-corrected chi connectivity index (χ0v) is 14.3. The molecule has 1 unspecified atom stereocenters. The van der Waals surface area contributed by atoms with Crippen LogP contribution in [0.5, 0.6) is 0 Å². The van der Waals surface area contributed by atoms with Gasteiger partial charge < -0.3 is 5.32 Å². The number of carbonyl (C=O) groups is 2. The Labute approximate surface area is 149 Å². The molecule has 0 spiro atoms. The van der Waals surface area contributed by atoms with Gasteiger partial charge in [0, 0.05) is 11.1 Å². The second kappa shape index (κ2) is 6.67. The van der Waals surface area contributed by atoms with Crippen LogP contribution in [0.3, 0.4) is 0 Å². The summed E-state index contributed by atoms with van der Waals surface area (Å²) in [5, 5.41) is 3.45. The highest BCUT2D eigenvalue weighted by Gasteiger charge is 2.39. The van der Waals surface area contributed by atoms with Crippen molar-refractivity contribution in [1.82, 2.24) is 5.32 Å². The number of rotatable bonds is 4. The number of carbonyl (C=O) groups excluding carboxylic acids is 2. The van der Waals surface area contributed by atoms with Gasteiger partial charge in [0.1, 0.15) is 10.7 Å². The molecule has 1 aliphatic heterocycles. The normalized spacial score (nSPS) is 15.9. The standard InChI is InChI=1S/C18H14Cl2N2O2/c1-11(12-5-3-2-4-6-12)21-16-15(20)17(23)22(18(16)24)14-9-7-13(19)8-10-14/h2-11,21H,1H3. The van der Waals surface area contributed by atoms with E-state index in [9.17, 15) is 9.59 Å². The van der Waals surface area contributed by atoms with Crippen LogP contribution in [0.15, 0.2) is 65.3 Å². The summed E-state index contributed by atoms with van der Waals surface area (Å²) in [6.07, 6.45) is 0. The molecule has 2 aromatic rings. The zero-order chi connectivity index (χ0) is 17.3. The lowest BCUT2D eigenvalue weighted by Crippen LogP contribution is -2.34. The lowest BCUT2D eigenvalue weighted by molar-refractivity contribution is -0.120. The summed E-state index contributed by atoms with van der Waals surface area (Å²) in [5.74, 6) is -1.03. The second-order valence-electron chi connectivity index (χ2n) is 5.39. The van der Waals surface area contributed by atoms with Crippen molar-refractivity contribution in [2.24, 2.45) is 0 Å². The van der Waals surface area contributed by atoms with E-state index in [-0.39, 0.29) is 16.8 Å². The number of anilines is 1. The van der Waals surface area contributed by atoms with E-state index in [1.807, 2.05) is 37.3 Å². The minimum absolute atomic E-state index is 0.105. The molecule has 0 saturated carbocycles. The first kappa shape index (κ1) is 16.6. The summed E-state index contributed by atoms with van der Waals surface area (Å²) in [7, 11) is 0. The maximum Gasteiger partial charge on any atom is 0.283 e. The van der Waals surface area contributed by atoms with Crippen LogP contribution in [0.1, 0.15) is 18.5 Å². The Morgan fingerprint density at radius 1 is 0.917 bits per heavy atom. The largest absolute Gasteiger partial charge is 0.373 e. The molecule has 122 valence electrons. The maximum absolute atomic E-state index is 12.6. The van der Waals surface area contributed by atoms with Crippen LogP contribution in [-0.4, -0.2) is 11.8 Å². The van der Waals surface area contributed by atoms with Crippen molar-refractivity contribution in [3.05, 3.63) is 75.9 Å². The molecule has 2 aromatic carbocycles. The van der Waals surface area contributed by atoms with Gasteiger partial charge in [0.25, 0.3) is 11.8 Å². The summed E-state index contributed by atoms with van der Waals surface area (Å²) < 4.78 is 0. The molecule has 6 heteroatoms. The third-order valence-electron chi connectivity index (χ3n) is 3.77. The predicted molar refractivity (Wildman–Crippen MR) is 94.8 cm³/mol. The third kappa shape index (κ3) is 3.03. The second-order valence-corrected chi connectivity index (χ2v) is 6.20. The average Bonchev–Trinajstić information content (AvgIpc) is 2.80. The van der Waals surface area contributed by atoms with E-state index in [4.69, 9.17) is 23.2 Å². The number of benzene rings is 2. The fourth-order valence-electron chi connectivity index (χ4n) is 2.49. The molecule has 1 heterocycles. The van der Waals surface area contributed by atoms with Crippen molar-refractivity contribution in [3.63, 3.8) is 0 Å². The molecule has 24 heavy (non-hydrogen) atoms. The minimum Gasteiger partial charge on any atom is -0.373 e. The van der Waals surface area contributed by atoms with Crippen molar-refractivity contribution < 1.29 is 9.59 Å². The highest BCUT2D eigenvalue weighted by Crippen LogP contribution is 2.30. The van der Waals surface area contributed by atoms with Gasteiger partial charge in [-0.2, -0.15) is 0 Å². The minimum atomic E-state index is -0.549. The molecule has 0 saturated heterocycles. The average molecular weight is 361 g/mol. The summed E-state index contributed by atoms with van der Waals surface area (Å²) in [6, 6.07) is 15.9. The highest BCUT2D eigenvalue weighted by atomic mass is 35.5. The zero-order valence-electron chi connectivity index (χ0n) is 12.8. The first-order valence-corrected chi connectivity index (χ1v) is 8.10. The van der Waals surface area contributed by atoms with E-state index in [1.54, 1.807) is 24.3 Å². The van der Waals surface area contributed by atoms with E-state index in [0.29, 0.717) is 10.7 Å². The van der Waals surface area contributed by atoms with Crippen LogP contribution in [-0.2, 0) is 9.59 Å². The molecule has 0 radical (unpaired) electrons. The van der Waals surface area contributed by atoms with Crippen molar-refractivity contribution in [2.75, 3.05) is 4.90 Å². The van der Waals surface area contributed by atoms with E-state index in [1.165, 1.54) is 0 Å². The van der Waals surface area contributed by atoms with E-state index < -0.39 is 11.8 Å². The SMILES string of the molecule is CC(NC1=C(Cl)C(=O)N(c2ccc(Cl)cc2)C1=O)c1ccccc1. The molecule has 0 fully saturated rings. The molecule has 1 atom stereocenters. The number of halogens is 2. The molecule has 0 aromatic heterocycles. The molecule has 1 aliphatic rings. The Kier molecular flexibility index (Phi) is 4.60. The van der Waals surface area contributed by atoms with Crippen molar-refractivity contribution >= 4 is 40.7 Å². The topological polar surface area (TPSA) is 49.4 Å². The third-order valence-corrected chi connectivity index (χ3v) is 4.38. The highest BCUT2D eigenvalue weighted by molar-refractivity contribution is 6.52. The van der Waals surface area contributed by atoms with Crippen molar-refractivity contribution in [2.45, 2.75) is 13.0 Å². The number of hydrogen-bond acceptors (Lipinski definition) is 3. The molecule has 0 bridgehead atoms. The van der Waals surface area contributed by atoms with E-state index >= 15 is 0 Å². The first-order valence-electron chi connectivity index (χ1n) is 7.34. The Morgan fingerprint density at radius 3 is 2.17 bits per heavy atom. The van der Waals surface area contributed by atoms with Gasteiger partial charge in [0.05, 0.1) is 5.69 Å². The smallest absolute Gasteiger partial charge is 0.283 e. The summed E-state index contributed by atoms with van der Waals surface area (Å²) in [5.41, 5.74) is 1.52. The van der Waals surface area contributed by atoms with Gasteiger partial charge in [-0.05, 0) is 36.8 Å². The van der Waals surface area contributed by atoms with Gasteiger partial charge >= 0.3 is 0 Å². The Morgan fingerprint density at radius 2 is 1.54 bits per heavy atom. The quantitative estimate of drug-likeness (QED) is 0.837. The number of amides is 2. The Bertz CT molecular complexity index is 817. The summed E-state index contributed by atoms with van der Waals surface area (Å²) >= 11 is 12.0. The lowest BCUT2D eigenvalue weighted by atomic mass is 10.1. The molecule has 0 aliphatic carbocycles. The maximum atomic E-state index is 12.6. The van der Waals surface area contributed by atoms with Crippen molar-refractivity contribution in [3.8, 4) is 0 Å². The van der Waals surface area contributed by atoms with Crippen LogP contribution < -0.4 is 10.2 Å². The van der Waals surface area contributed by atoms with Gasteiger partial charge in [-0.25, -0.2) is 4.90 Å². The fraction of sp³-hybridized carbons (Fsp3) is 0.111. The van der Waals surface area contributed by atoms with E-state index in [0.717, 1.165) is 10.5 Å². The van der Waals surface area contributed by atoms with E-state index in [2.05, 4.69) is 5.32 Å². The summed E-state index contributed by atoms with van der Waals surface area (Å²) in [6.45, 7) is 1.90. The van der Waals surface area contributed by atoms with Crippen LogP contribution in [0.2, 0.25) is 5.02 Å². The molecular weight excluding hydrogens is 347 g/mol. The van der Waals surface area contributed by atoms with Gasteiger partial charge in [-0.1, -0.05) is 53.5 Å². The van der Waals surface area contributed by atoms with Gasteiger partial charge in [-0.3, -0.25) is 9.59 Å². The number of nitrogens with one attached hydrogen (secondary N) is 1. The van der Waals surface area contributed by atoms with Crippen LogP contribution in [0.25, 0.3) is 0 Å². The molecule has 2 amide bonds. The van der Waals surface area contributed by atoms with Gasteiger partial charge in [-0.15, -0.1) is 0 Å². The number of nitrogens with zero attached hydrogens (tertiary/aromatic N) is 1. The van der Waals surface area contributed by atoms with Crippen molar-refractivity contribution in [1.29, 1.82) is 0 Å². The number of imide groups is 1. The lowest BCUT2D eigenvalue weighted by Gasteiger charge is -2.18. The predicted octanol–water partition coefficient (Wildman–Crippen LogP) is 4.01. The summed E-state index contributed by atoms with van der Waals surface area (Å²) in [4.78, 5) is 26.1. The fourth-order valence-corrected chi connectivity index (χ4v) is 2.84. The van der Waals surface area contributed by atoms with Crippen LogP contribution in [0.4, 0.5) is 5.69 Å². The van der Waals surface area contributed by atoms with Crippen LogP contribution in [0, 0.1) is 0 Å². The number of hydrogen-bond donors (Lipinski definition) is 1.